The number of carbonyl (C=O) groups excluding carboxylic acids is 1. The van der Waals surface area contributed by atoms with Gasteiger partial charge in [-0.2, -0.15) is 0 Å². The highest BCUT2D eigenvalue weighted by atomic mass is 16.6. The van der Waals surface area contributed by atoms with Crippen LogP contribution in [0.1, 0.15) is 33.3 Å². The summed E-state index contributed by atoms with van der Waals surface area (Å²) in [6.45, 7) is 8.57. The Hall–Kier alpha value is -1.57. The van der Waals surface area contributed by atoms with Crippen molar-refractivity contribution in [2.45, 2.75) is 38.9 Å². The maximum Gasteiger partial charge on any atom is 0.488 e. The van der Waals surface area contributed by atoms with E-state index < -0.39 is 18.3 Å². The molecular formula is C16H24BNO5. The molecule has 1 unspecified atom stereocenters. The van der Waals surface area contributed by atoms with Gasteiger partial charge in [0.05, 0.1) is 13.2 Å². The van der Waals surface area contributed by atoms with Crippen molar-refractivity contribution < 1.29 is 24.3 Å². The fourth-order valence-electron chi connectivity index (χ4n) is 2.56. The molecule has 23 heavy (non-hydrogen) atoms. The summed E-state index contributed by atoms with van der Waals surface area (Å²) in [5, 5.41) is 18.7. The summed E-state index contributed by atoms with van der Waals surface area (Å²) in [6, 6.07) is 6.91. The molecule has 0 bridgehead atoms. The van der Waals surface area contributed by atoms with Gasteiger partial charge in [0, 0.05) is 6.54 Å². The number of hydrogen-bond donors (Lipinski definition) is 2. The summed E-state index contributed by atoms with van der Waals surface area (Å²) >= 11 is 0. The van der Waals surface area contributed by atoms with Gasteiger partial charge in [0.2, 0.25) is 0 Å². The lowest BCUT2D eigenvalue weighted by Crippen LogP contribution is -2.52. The molecule has 1 aliphatic rings. The Morgan fingerprint density at radius 3 is 2.70 bits per heavy atom. The van der Waals surface area contributed by atoms with Gasteiger partial charge in [0.15, 0.2) is 0 Å². The molecule has 7 heteroatoms. The monoisotopic (exact) mass is 321 g/mol. The van der Waals surface area contributed by atoms with Gasteiger partial charge in [-0.25, -0.2) is 4.79 Å². The van der Waals surface area contributed by atoms with E-state index in [0.29, 0.717) is 25.2 Å². The normalized spacial score (nSPS) is 21.9. The molecule has 0 spiro atoms. The fourth-order valence-corrected chi connectivity index (χ4v) is 2.56. The molecule has 1 aromatic carbocycles. The summed E-state index contributed by atoms with van der Waals surface area (Å²) in [5.41, 5.74) is -0.0923. The second kappa shape index (κ2) is 6.51. The minimum atomic E-state index is -1.54. The Morgan fingerprint density at radius 2 is 2.09 bits per heavy atom. The van der Waals surface area contributed by atoms with Gasteiger partial charge in [-0.1, -0.05) is 24.3 Å². The van der Waals surface area contributed by atoms with Crippen LogP contribution in [0, 0.1) is 0 Å². The minimum absolute atomic E-state index is 0.340. The van der Waals surface area contributed by atoms with Crippen LogP contribution in [-0.4, -0.2) is 53.5 Å². The van der Waals surface area contributed by atoms with E-state index in [0.717, 1.165) is 5.56 Å². The summed E-state index contributed by atoms with van der Waals surface area (Å²) < 4.78 is 11.3. The summed E-state index contributed by atoms with van der Waals surface area (Å²) in [5.74, 6) is 0. The molecule has 0 aromatic heterocycles. The second-order valence-electron chi connectivity index (χ2n) is 6.98. The average Bonchev–Trinajstić information content (AvgIpc) is 2.45. The summed E-state index contributed by atoms with van der Waals surface area (Å²) in [4.78, 5) is 13.9. The predicted molar refractivity (Wildman–Crippen MR) is 87.4 cm³/mol. The molecule has 1 aromatic rings. The van der Waals surface area contributed by atoms with E-state index in [9.17, 15) is 14.8 Å². The van der Waals surface area contributed by atoms with Crippen molar-refractivity contribution in [1.82, 2.24) is 4.90 Å². The standard InChI is InChI=1S/C16H24BNO5/c1-15(2,3)23-14(19)18-8-9-22-16(4,11-18)12-6-5-7-13(10-12)17(20)21/h5-7,10,20-21H,8-9,11H2,1-4H3. The first-order valence-electron chi connectivity index (χ1n) is 7.69. The van der Waals surface area contributed by atoms with Crippen molar-refractivity contribution in [1.29, 1.82) is 0 Å². The van der Waals surface area contributed by atoms with E-state index in [-0.39, 0.29) is 6.09 Å². The molecule has 2 N–H and O–H groups in total. The Morgan fingerprint density at radius 1 is 1.39 bits per heavy atom. The Bertz CT molecular complexity index is 572. The first kappa shape index (κ1) is 17.8. The first-order chi connectivity index (χ1) is 10.6. The van der Waals surface area contributed by atoms with Gasteiger partial charge < -0.3 is 24.4 Å². The van der Waals surface area contributed by atoms with Crippen LogP contribution in [0.4, 0.5) is 4.79 Å². The molecule has 0 saturated carbocycles. The van der Waals surface area contributed by atoms with Crippen molar-refractivity contribution in [3.05, 3.63) is 29.8 Å². The number of rotatable bonds is 2. The van der Waals surface area contributed by atoms with E-state index >= 15 is 0 Å². The molecular weight excluding hydrogens is 297 g/mol. The van der Waals surface area contributed by atoms with Crippen LogP contribution in [0.2, 0.25) is 0 Å². The van der Waals surface area contributed by atoms with Gasteiger partial charge in [-0.3, -0.25) is 0 Å². The van der Waals surface area contributed by atoms with E-state index in [2.05, 4.69) is 0 Å². The Balaban J connectivity index is 2.18. The average molecular weight is 321 g/mol. The van der Waals surface area contributed by atoms with Crippen LogP contribution in [0.15, 0.2) is 24.3 Å². The van der Waals surface area contributed by atoms with Crippen molar-refractivity contribution >= 4 is 18.7 Å². The van der Waals surface area contributed by atoms with Gasteiger partial charge in [0.25, 0.3) is 0 Å². The van der Waals surface area contributed by atoms with Crippen LogP contribution in [0.3, 0.4) is 0 Å². The third-order valence-corrected chi connectivity index (χ3v) is 3.72. The number of benzene rings is 1. The van der Waals surface area contributed by atoms with Crippen LogP contribution in [-0.2, 0) is 15.1 Å². The van der Waals surface area contributed by atoms with E-state index in [1.807, 2.05) is 33.8 Å². The van der Waals surface area contributed by atoms with Gasteiger partial charge >= 0.3 is 13.2 Å². The smallest absolute Gasteiger partial charge is 0.444 e. The number of hydrogen-bond acceptors (Lipinski definition) is 5. The van der Waals surface area contributed by atoms with Gasteiger partial charge in [0.1, 0.15) is 11.2 Å². The zero-order chi connectivity index (χ0) is 17.3. The highest BCUT2D eigenvalue weighted by molar-refractivity contribution is 6.58. The number of amides is 1. The SMILES string of the molecule is CC(C)(C)OC(=O)N1CCOC(C)(c2cccc(B(O)O)c2)C1. The minimum Gasteiger partial charge on any atom is -0.444 e. The second-order valence-corrected chi connectivity index (χ2v) is 6.98. The molecule has 0 aliphatic carbocycles. The molecule has 0 radical (unpaired) electrons. The number of ether oxygens (including phenoxy) is 2. The third-order valence-electron chi connectivity index (χ3n) is 3.72. The quantitative estimate of drug-likeness (QED) is 0.790. The van der Waals surface area contributed by atoms with Crippen molar-refractivity contribution in [3.63, 3.8) is 0 Å². The molecule has 1 atom stereocenters. The molecule has 1 amide bonds. The summed E-state index contributed by atoms with van der Waals surface area (Å²) in [7, 11) is -1.54. The van der Waals surface area contributed by atoms with Gasteiger partial charge in [-0.15, -0.1) is 0 Å². The molecule has 6 nitrogen and oxygen atoms in total. The highest BCUT2D eigenvalue weighted by Crippen LogP contribution is 2.29. The lowest BCUT2D eigenvalue weighted by molar-refractivity contribution is -0.103. The largest absolute Gasteiger partial charge is 0.488 e. The van der Waals surface area contributed by atoms with E-state index in [1.54, 1.807) is 23.1 Å². The maximum atomic E-state index is 12.3. The van der Waals surface area contributed by atoms with Gasteiger partial charge in [-0.05, 0) is 38.7 Å². The molecule has 1 saturated heterocycles. The van der Waals surface area contributed by atoms with Crippen LogP contribution in [0.5, 0.6) is 0 Å². The Labute approximate surface area is 137 Å². The van der Waals surface area contributed by atoms with Crippen LogP contribution >= 0.6 is 0 Å². The molecule has 1 aliphatic heterocycles. The van der Waals surface area contributed by atoms with E-state index in [4.69, 9.17) is 9.47 Å². The highest BCUT2D eigenvalue weighted by Gasteiger charge is 2.37. The van der Waals surface area contributed by atoms with Crippen LogP contribution in [0.25, 0.3) is 0 Å². The zero-order valence-electron chi connectivity index (χ0n) is 14.1. The molecule has 1 fully saturated rings. The van der Waals surface area contributed by atoms with E-state index in [1.165, 1.54) is 0 Å². The number of carbonyl (C=O) groups is 1. The maximum absolute atomic E-state index is 12.3. The molecule has 2 rings (SSSR count). The summed E-state index contributed by atoms with van der Waals surface area (Å²) in [6.07, 6.45) is -0.370. The topological polar surface area (TPSA) is 79.2 Å². The van der Waals surface area contributed by atoms with Crippen molar-refractivity contribution in [3.8, 4) is 0 Å². The predicted octanol–water partition coefficient (Wildman–Crippen LogP) is 0.849. The molecule has 1 heterocycles. The van der Waals surface area contributed by atoms with Crippen molar-refractivity contribution in [2.24, 2.45) is 0 Å². The number of morpholine rings is 1. The lowest BCUT2D eigenvalue weighted by Gasteiger charge is -2.41. The zero-order valence-corrected chi connectivity index (χ0v) is 14.1. The Kier molecular flexibility index (Phi) is 5.03. The third kappa shape index (κ3) is 4.47. The number of nitrogens with zero attached hydrogens (tertiary/aromatic N) is 1. The first-order valence-corrected chi connectivity index (χ1v) is 7.69. The molecule has 126 valence electrons. The van der Waals surface area contributed by atoms with Crippen LogP contribution < -0.4 is 5.46 Å². The van der Waals surface area contributed by atoms with Crippen molar-refractivity contribution in [2.75, 3.05) is 19.7 Å². The fraction of sp³-hybridized carbons (Fsp3) is 0.562. The lowest BCUT2D eigenvalue weighted by atomic mass is 9.78.